The van der Waals surface area contributed by atoms with Gasteiger partial charge in [-0.05, 0) is 57.2 Å². The first-order valence-corrected chi connectivity index (χ1v) is 11.3. The molecule has 3 heterocycles. The summed E-state index contributed by atoms with van der Waals surface area (Å²) in [6, 6.07) is 12.9. The van der Waals surface area contributed by atoms with Crippen molar-refractivity contribution in [1.29, 1.82) is 0 Å². The SMILES string of the molecule is COCC(=O)Nc1cccc(NC(=O)c2cc(-c3ccc(C)s3)nc3c2cnn3C(C)C)c1. The van der Waals surface area contributed by atoms with E-state index in [9.17, 15) is 9.59 Å². The number of fused-ring (bicyclic) bond motifs is 1. The highest BCUT2D eigenvalue weighted by Crippen LogP contribution is 2.31. The summed E-state index contributed by atoms with van der Waals surface area (Å²) >= 11 is 1.63. The van der Waals surface area contributed by atoms with Crippen molar-refractivity contribution in [2.75, 3.05) is 24.4 Å². The molecule has 0 aliphatic rings. The predicted octanol–water partition coefficient (Wildman–Crippen LogP) is 4.89. The van der Waals surface area contributed by atoms with Gasteiger partial charge in [-0.1, -0.05) is 6.07 Å². The van der Waals surface area contributed by atoms with E-state index >= 15 is 0 Å². The monoisotopic (exact) mass is 463 g/mol. The van der Waals surface area contributed by atoms with Gasteiger partial charge in [-0.3, -0.25) is 9.59 Å². The summed E-state index contributed by atoms with van der Waals surface area (Å²) in [5.74, 6) is -0.547. The molecule has 0 spiro atoms. The van der Waals surface area contributed by atoms with Gasteiger partial charge in [0.15, 0.2) is 5.65 Å². The topological polar surface area (TPSA) is 98.1 Å². The summed E-state index contributed by atoms with van der Waals surface area (Å²) in [5.41, 5.74) is 3.01. The Morgan fingerprint density at radius 1 is 1.12 bits per heavy atom. The molecule has 0 unspecified atom stereocenters. The number of thiophene rings is 1. The fourth-order valence-corrected chi connectivity index (χ4v) is 4.31. The number of hydrogen-bond donors (Lipinski definition) is 2. The maximum absolute atomic E-state index is 13.4. The third-order valence-corrected chi connectivity index (χ3v) is 6.00. The van der Waals surface area contributed by atoms with Crippen LogP contribution < -0.4 is 10.6 Å². The molecule has 2 amide bonds. The van der Waals surface area contributed by atoms with Crippen molar-refractivity contribution in [3.05, 3.63) is 59.1 Å². The molecular weight excluding hydrogens is 438 g/mol. The second-order valence-electron chi connectivity index (χ2n) is 7.90. The van der Waals surface area contributed by atoms with Gasteiger partial charge in [-0.2, -0.15) is 5.10 Å². The number of anilines is 2. The molecule has 33 heavy (non-hydrogen) atoms. The lowest BCUT2D eigenvalue weighted by Gasteiger charge is -2.11. The molecular formula is C24H25N5O3S. The van der Waals surface area contributed by atoms with E-state index in [0.29, 0.717) is 28.0 Å². The number of aromatic nitrogens is 3. The molecule has 0 aliphatic carbocycles. The smallest absolute Gasteiger partial charge is 0.256 e. The molecule has 0 aliphatic heterocycles. The van der Waals surface area contributed by atoms with Gasteiger partial charge in [0.25, 0.3) is 5.91 Å². The number of carbonyl (C=O) groups excluding carboxylic acids is 2. The highest BCUT2D eigenvalue weighted by molar-refractivity contribution is 7.15. The van der Waals surface area contributed by atoms with Gasteiger partial charge < -0.3 is 15.4 Å². The van der Waals surface area contributed by atoms with Crippen molar-refractivity contribution >= 4 is 45.6 Å². The number of methoxy groups -OCH3 is 1. The molecule has 1 aromatic carbocycles. The molecule has 0 bridgehead atoms. The Labute approximate surface area is 195 Å². The number of amides is 2. The summed E-state index contributed by atoms with van der Waals surface area (Å²) in [7, 11) is 1.46. The normalized spacial score (nSPS) is 11.2. The van der Waals surface area contributed by atoms with Crippen LogP contribution in [0.15, 0.2) is 48.7 Å². The van der Waals surface area contributed by atoms with Gasteiger partial charge in [0.2, 0.25) is 5.91 Å². The largest absolute Gasteiger partial charge is 0.375 e. The van der Waals surface area contributed by atoms with Crippen LogP contribution in [-0.4, -0.2) is 40.3 Å². The number of hydrogen-bond acceptors (Lipinski definition) is 6. The van der Waals surface area contributed by atoms with Crippen molar-refractivity contribution in [3.63, 3.8) is 0 Å². The van der Waals surface area contributed by atoms with Gasteiger partial charge in [-0.15, -0.1) is 11.3 Å². The van der Waals surface area contributed by atoms with Gasteiger partial charge in [-0.25, -0.2) is 9.67 Å². The minimum atomic E-state index is -0.277. The molecule has 170 valence electrons. The fraction of sp³-hybridized carbons (Fsp3) is 0.250. The maximum atomic E-state index is 13.4. The zero-order valence-corrected chi connectivity index (χ0v) is 19.7. The van der Waals surface area contributed by atoms with Crippen molar-refractivity contribution in [2.24, 2.45) is 0 Å². The van der Waals surface area contributed by atoms with Gasteiger partial charge >= 0.3 is 0 Å². The summed E-state index contributed by atoms with van der Waals surface area (Å²) in [6.07, 6.45) is 1.68. The number of carbonyl (C=O) groups is 2. The van der Waals surface area contributed by atoms with Crippen LogP contribution in [0.2, 0.25) is 0 Å². The quantitative estimate of drug-likeness (QED) is 0.407. The average molecular weight is 464 g/mol. The molecule has 0 fully saturated rings. The lowest BCUT2D eigenvalue weighted by molar-refractivity contribution is -0.119. The molecule has 3 aromatic heterocycles. The Hall–Kier alpha value is -3.56. The van der Waals surface area contributed by atoms with Crippen LogP contribution in [0.25, 0.3) is 21.6 Å². The van der Waals surface area contributed by atoms with Crippen LogP contribution in [0.3, 0.4) is 0 Å². The second-order valence-corrected chi connectivity index (χ2v) is 9.19. The Morgan fingerprint density at radius 2 is 1.88 bits per heavy atom. The standard InChI is InChI=1S/C24H25N5O3S/c1-14(2)29-23-19(12-25-29)18(11-20(28-23)21-9-8-15(3)33-21)24(31)27-17-7-5-6-16(10-17)26-22(30)13-32-4/h5-12,14H,13H2,1-4H3,(H,26,30)(H,27,31). The van der Waals surface area contributed by atoms with Crippen molar-refractivity contribution in [3.8, 4) is 10.6 Å². The number of ether oxygens (including phenoxy) is 1. The first-order valence-electron chi connectivity index (χ1n) is 10.5. The number of benzene rings is 1. The first-order chi connectivity index (χ1) is 15.9. The highest BCUT2D eigenvalue weighted by Gasteiger charge is 2.19. The number of pyridine rings is 1. The van der Waals surface area contributed by atoms with Crippen LogP contribution in [0.5, 0.6) is 0 Å². The Kier molecular flexibility index (Phi) is 6.52. The van der Waals surface area contributed by atoms with E-state index in [0.717, 1.165) is 10.6 Å². The third kappa shape index (κ3) is 4.94. The van der Waals surface area contributed by atoms with Gasteiger partial charge in [0.05, 0.1) is 27.7 Å². The predicted molar refractivity (Wildman–Crippen MR) is 131 cm³/mol. The maximum Gasteiger partial charge on any atom is 0.256 e. The van der Waals surface area contributed by atoms with Crippen LogP contribution in [0.1, 0.15) is 35.1 Å². The minimum absolute atomic E-state index is 0.0452. The molecule has 4 aromatic rings. The average Bonchev–Trinajstić information content (AvgIpc) is 3.39. The van der Waals surface area contributed by atoms with E-state index in [4.69, 9.17) is 9.72 Å². The zero-order valence-electron chi connectivity index (χ0n) is 18.9. The third-order valence-electron chi connectivity index (χ3n) is 4.97. The first kappa shape index (κ1) is 22.6. The second kappa shape index (κ2) is 9.51. The van der Waals surface area contributed by atoms with Gasteiger partial charge in [0.1, 0.15) is 6.61 Å². The van der Waals surface area contributed by atoms with Crippen molar-refractivity contribution in [1.82, 2.24) is 14.8 Å². The van der Waals surface area contributed by atoms with Crippen molar-refractivity contribution < 1.29 is 14.3 Å². The van der Waals surface area contributed by atoms with Crippen LogP contribution in [0, 0.1) is 6.92 Å². The fourth-order valence-electron chi connectivity index (χ4n) is 3.48. The lowest BCUT2D eigenvalue weighted by Crippen LogP contribution is -2.17. The summed E-state index contributed by atoms with van der Waals surface area (Å²) in [4.78, 5) is 32.1. The lowest BCUT2D eigenvalue weighted by atomic mass is 10.1. The van der Waals surface area contributed by atoms with E-state index < -0.39 is 0 Å². The highest BCUT2D eigenvalue weighted by atomic mass is 32.1. The number of nitrogens with one attached hydrogen (secondary N) is 2. The van der Waals surface area contributed by atoms with Gasteiger partial charge in [0, 0.05) is 29.4 Å². The number of aryl methyl sites for hydroxylation is 1. The van der Waals surface area contributed by atoms with E-state index in [1.54, 1.807) is 47.9 Å². The van der Waals surface area contributed by atoms with Crippen LogP contribution >= 0.6 is 11.3 Å². The Balaban J connectivity index is 1.70. The summed E-state index contributed by atoms with van der Waals surface area (Å²) in [5, 5.41) is 10.8. The molecule has 0 saturated heterocycles. The van der Waals surface area contributed by atoms with E-state index in [-0.39, 0.29) is 24.5 Å². The molecule has 0 saturated carbocycles. The molecule has 0 radical (unpaired) electrons. The molecule has 8 nitrogen and oxygen atoms in total. The zero-order chi connectivity index (χ0) is 23.5. The van der Waals surface area contributed by atoms with Crippen LogP contribution in [0.4, 0.5) is 11.4 Å². The Morgan fingerprint density at radius 3 is 2.55 bits per heavy atom. The van der Waals surface area contributed by atoms with E-state index in [1.165, 1.54) is 12.0 Å². The molecule has 9 heteroatoms. The van der Waals surface area contributed by atoms with Crippen molar-refractivity contribution in [2.45, 2.75) is 26.8 Å². The number of rotatable bonds is 7. The summed E-state index contributed by atoms with van der Waals surface area (Å²) < 4.78 is 6.66. The number of nitrogens with zero attached hydrogens (tertiary/aromatic N) is 3. The molecule has 4 rings (SSSR count). The van der Waals surface area contributed by atoms with E-state index in [2.05, 4.69) is 15.7 Å². The molecule has 0 atom stereocenters. The Bertz CT molecular complexity index is 1320. The van der Waals surface area contributed by atoms with Crippen LogP contribution in [-0.2, 0) is 9.53 Å². The minimum Gasteiger partial charge on any atom is -0.375 e. The van der Waals surface area contributed by atoms with E-state index in [1.807, 2.05) is 37.6 Å². The molecule has 2 N–H and O–H groups in total. The summed E-state index contributed by atoms with van der Waals surface area (Å²) in [6.45, 7) is 6.05.